The first-order chi connectivity index (χ1) is 5.63. The predicted octanol–water partition coefficient (Wildman–Crippen LogP) is 1.80. The van der Waals surface area contributed by atoms with Crippen molar-refractivity contribution < 1.29 is 5.11 Å². The van der Waals surface area contributed by atoms with E-state index in [0.29, 0.717) is 0 Å². The lowest BCUT2D eigenvalue weighted by Crippen LogP contribution is -2.23. The lowest BCUT2D eigenvalue weighted by molar-refractivity contribution is 0.164. The molecule has 0 aliphatic carbocycles. The SMILES string of the molecule is Cc1ccccc1C(N)C(C)O.Cl. The van der Waals surface area contributed by atoms with E-state index < -0.39 is 6.10 Å². The van der Waals surface area contributed by atoms with Gasteiger partial charge in [-0.1, -0.05) is 24.3 Å². The van der Waals surface area contributed by atoms with E-state index in [1.54, 1.807) is 6.92 Å². The number of aliphatic hydroxyl groups excluding tert-OH is 1. The smallest absolute Gasteiger partial charge is 0.0704 e. The number of aliphatic hydroxyl groups is 1. The minimum absolute atomic E-state index is 0. The zero-order chi connectivity index (χ0) is 9.14. The second kappa shape index (κ2) is 5.22. The molecule has 2 unspecified atom stereocenters. The van der Waals surface area contributed by atoms with Crippen LogP contribution in [0, 0.1) is 6.92 Å². The largest absolute Gasteiger partial charge is 0.391 e. The summed E-state index contributed by atoms with van der Waals surface area (Å²) in [6.07, 6.45) is -0.494. The van der Waals surface area contributed by atoms with Crippen molar-refractivity contribution in [1.82, 2.24) is 0 Å². The molecule has 0 bridgehead atoms. The molecule has 0 saturated carbocycles. The van der Waals surface area contributed by atoms with Gasteiger partial charge in [0.25, 0.3) is 0 Å². The Kier molecular flexibility index (Phi) is 4.99. The third-order valence-electron chi connectivity index (χ3n) is 2.07. The fourth-order valence-corrected chi connectivity index (χ4v) is 1.22. The van der Waals surface area contributed by atoms with Gasteiger partial charge in [-0.05, 0) is 25.0 Å². The number of hydrogen-bond acceptors (Lipinski definition) is 2. The van der Waals surface area contributed by atoms with Crippen LogP contribution in [0.3, 0.4) is 0 Å². The minimum atomic E-state index is -0.494. The number of benzene rings is 1. The zero-order valence-corrected chi connectivity index (χ0v) is 8.71. The van der Waals surface area contributed by atoms with Gasteiger partial charge in [-0.25, -0.2) is 0 Å². The van der Waals surface area contributed by atoms with Crippen LogP contribution >= 0.6 is 12.4 Å². The molecule has 1 aromatic carbocycles. The molecule has 0 spiro atoms. The number of nitrogens with two attached hydrogens (primary N) is 1. The number of hydrogen-bond donors (Lipinski definition) is 2. The molecule has 0 heterocycles. The zero-order valence-electron chi connectivity index (χ0n) is 7.90. The van der Waals surface area contributed by atoms with Crippen molar-refractivity contribution in [3.63, 3.8) is 0 Å². The molecule has 0 amide bonds. The first-order valence-electron chi connectivity index (χ1n) is 4.12. The molecule has 0 aliphatic rings. The van der Waals surface area contributed by atoms with Gasteiger partial charge >= 0.3 is 0 Å². The van der Waals surface area contributed by atoms with Crippen molar-refractivity contribution in [2.24, 2.45) is 5.73 Å². The minimum Gasteiger partial charge on any atom is -0.391 e. The Morgan fingerprint density at radius 1 is 1.31 bits per heavy atom. The summed E-state index contributed by atoms with van der Waals surface area (Å²) >= 11 is 0. The van der Waals surface area contributed by atoms with Crippen LogP contribution in [0.5, 0.6) is 0 Å². The van der Waals surface area contributed by atoms with Crippen molar-refractivity contribution in [2.75, 3.05) is 0 Å². The van der Waals surface area contributed by atoms with Gasteiger partial charge in [0, 0.05) is 0 Å². The predicted molar refractivity (Wildman–Crippen MR) is 57.0 cm³/mol. The third-order valence-corrected chi connectivity index (χ3v) is 2.07. The molecular formula is C10H16ClNO. The Morgan fingerprint density at radius 3 is 2.31 bits per heavy atom. The Morgan fingerprint density at radius 2 is 1.85 bits per heavy atom. The molecule has 0 saturated heterocycles. The van der Waals surface area contributed by atoms with Gasteiger partial charge < -0.3 is 10.8 Å². The second-order valence-electron chi connectivity index (χ2n) is 3.12. The van der Waals surface area contributed by atoms with Crippen LogP contribution in [-0.4, -0.2) is 11.2 Å². The molecule has 0 aromatic heterocycles. The molecule has 13 heavy (non-hydrogen) atoms. The fourth-order valence-electron chi connectivity index (χ4n) is 1.22. The van der Waals surface area contributed by atoms with E-state index in [0.717, 1.165) is 11.1 Å². The van der Waals surface area contributed by atoms with Crippen LogP contribution in [0.4, 0.5) is 0 Å². The van der Waals surface area contributed by atoms with E-state index in [1.165, 1.54) is 0 Å². The highest BCUT2D eigenvalue weighted by atomic mass is 35.5. The van der Waals surface area contributed by atoms with E-state index >= 15 is 0 Å². The molecule has 2 nitrogen and oxygen atoms in total. The Hall–Kier alpha value is -0.570. The molecule has 0 fully saturated rings. The highest BCUT2D eigenvalue weighted by Crippen LogP contribution is 2.17. The summed E-state index contributed by atoms with van der Waals surface area (Å²) in [5, 5.41) is 9.27. The van der Waals surface area contributed by atoms with E-state index in [9.17, 15) is 5.11 Å². The summed E-state index contributed by atoms with van der Waals surface area (Å²) in [4.78, 5) is 0. The van der Waals surface area contributed by atoms with Crippen LogP contribution in [0.25, 0.3) is 0 Å². The third kappa shape index (κ3) is 2.99. The van der Waals surface area contributed by atoms with Gasteiger partial charge in [-0.3, -0.25) is 0 Å². The second-order valence-corrected chi connectivity index (χ2v) is 3.12. The normalized spacial score (nSPS) is 14.5. The summed E-state index contributed by atoms with van der Waals surface area (Å²) in [5.74, 6) is 0. The summed E-state index contributed by atoms with van der Waals surface area (Å²) in [6, 6.07) is 7.58. The van der Waals surface area contributed by atoms with E-state index in [1.807, 2.05) is 31.2 Å². The van der Waals surface area contributed by atoms with Gasteiger partial charge in [0.15, 0.2) is 0 Å². The molecule has 3 heteroatoms. The van der Waals surface area contributed by atoms with Crippen molar-refractivity contribution in [1.29, 1.82) is 0 Å². The molecule has 0 radical (unpaired) electrons. The lowest BCUT2D eigenvalue weighted by atomic mass is 9.99. The fraction of sp³-hybridized carbons (Fsp3) is 0.400. The van der Waals surface area contributed by atoms with Gasteiger partial charge in [0.05, 0.1) is 12.1 Å². The quantitative estimate of drug-likeness (QED) is 0.767. The van der Waals surface area contributed by atoms with Gasteiger partial charge in [0.1, 0.15) is 0 Å². The van der Waals surface area contributed by atoms with Gasteiger partial charge in [0.2, 0.25) is 0 Å². The molecule has 3 N–H and O–H groups in total. The maximum atomic E-state index is 9.27. The maximum Gasteiger partial charge on any atom is 0.0704 e. The Balaban J connectivity index is 0.00000144. The number of halogens is 1. The van der Waals surface area contributed by atoms with E-state index in [2.05, 4.69) is 0 Å². The maximum absolute atomic E-state index is 9.27. The molecule has 1 aromatic rings. The lowest BCUT2D eigenvalue weighted by Gasteiger charge is -2.16. The topological polar surface area (TPSA) is 46.2 Å². The summed E-state index contributed by atoms with van der Waals surface area (Å²) < 4.78 is 0. The van der Waals surface area contributed by atoms with Crippen molar-refractivity contribution in [3.8, 4) is 0 Å². The van der Waals surface area contributed by atoms with E-state index in [4.69, 9.17) is 5.73 Å². The highest BCUT2D eigenvalue weighted by molar-refractivity contribution is 5.85. The van der Waals surface area contributed by atoms with Gasteiger partial charge in [-0.15, -0.1) is 12.4 Å². The highest BCUT2D eigenvalue weighted by Gasteiger charge is 2.12. The molecule has 74 valence electrons. The van der Waals surface area contributed by atoms with Crippen LogP contribution in [0.1, 0.15) is 24.1 Å². The molecule has 2 atom stereocenters. The first kappa shape index (κ1) is 12.4. The Bertz CT molecular complexity index is 263. The summed E-state index contributed by atoms with van der Waals surface area (Å²) in [6.45, 7) is 3.70. The van der Waals surface area contributed by atoms with Crippen LogP contribution in [0.15, 0.2) is 24.3 Å². The standard InChI is InChI=1S/C10H15NO.ClH/c1-7-5-3-4-6-9(7)10(11)8(2)12;/h3-6,8,10,12H,11H2,1-2H3;1H. The van der Waals surface area contributed by atoms with Crippen molar-refractivity contribution >= 4 is 12.4 Å². The monoisotopic (exact) mass is 201 g/mol. The van der Waals surface area contributed by atoms with E-state index in [-0.39, 0.29) is 18.4 Å². The van der Waals surface area contributed by atoms with Gasteiger partial charge in [-0.2, -0.15) is 0 Å². The summed E-state index contributed by atoms with van der Waals surface area (Å²) in [5.41, 5.74) is 7.94. The molecule has 0 aliphatic heterocycles. The Labute approximate surface area is 85.2 Å². The van der Waals surface area contributed by atoms with Crippen LogP contribution < -0.4 is 5.73 Å². The number of rotatable bonds is 2. The average Bonchev–Trinajstić information content (AvgIpc) is 2.04. The molecule has 1 rings (SSSR count). The van der Waals surface area contributed by atoms with Crippen LogP contribution in [0.2, 0.25) is 0 Å². The first-order valence-corrected chi connectivity index (χ1v) is 4.12. The summed E-state index contributed by atoms with van der Waals surface area (Å²) in [7, 11) is 0. The van der Waals surface area contributed by atoms with Crippen molar-refractivity contribution in [3.05, 3.63) is 35.4 Å². The van der Waals surface area contributed by atoms with Crippen molar-refractivity contribution in [2.45, 2.75) is 26.0 Å². The average molecular weight is 202 g/mol. The van der Waals surface area contributed by atoms with Crippen LogP contribution in [-0.2, 0) is 0 Å². The molecular weight excluding hydrogens is 186 g/mol. The number of aryl methyl sites for hydroxylation is 1.